The number of rotatable bonds is 9. The summed E-state index contributed by atoms with van der Waals surface area (Å²) >= 11 is 0. The number of benzene rings is 6. The van der Waals surface area contributed by atoms with Gasteiger partial charge in [0.25, 0.3) is 0 Å². The predicted octanol–water partition coefficient (Wildman–Crippen LogP) is 11.2. The third kappa shape index (κ3) is 6.24. The van der Waals surface area contributed by atoms with Crippen molar-refractivity contribution in [1.82, 2.24) is 0 Å². The molecule has 4 heteroatoms. The molecule has 46 heavy (non-hydrogen) atoms. The Morgan fingerprint density at radius 2 is 0.652 bits per heavy atom. The van der Waals surface area contributed by atoms with Crippen molar-refractivity contribution >= 4 is 46.7 Å². The summed E-state index contributed by atoms with van der Waals surface area (Å²) in [7, 11) is 0. The highest BCUT2D eigenvalue weighted by Gasteiger charge is 2.16. The van der Waals surface area contributed by atoms with E-state index < -0.39 is 0 Å². The van der Waals surface area contributed by atoms with E-state index in [1.54, 1.807) is 0 Å². The normalized spacial score (nSPS) is 10.8. The molecule has 0 N–H and O–H groups in total. The Morgan fingerprint density at radius 3 is 0.935 bits per heavy atom. The van der Waals surface area contributed by atoms with Crippen LogP contribution >= 0.6 is 0 Å². The van der Waals surface area contributed by atoms with Gasteiger partial charge < -0.3 is 9.80 Å². The van der Waals surface area contributed by atoms with E-state index in [9.17, 15) is 9.59 Å². The molecule has 0 aliphatic carbocycles. The van der Waals surface area contributed by atoms with Crippen LogP contribution in [0.25, 0.3) is 11.1 Å². The quantitative estimate of drug-likeness (QED) is 0.155. The number of anilines is 6. The molecule has 0 bridgehead atoms. The molecule has 6 aromatic carbocycles. The molecule has 226 valence electrons. The molecule has 0 radical (unpaired) electrons. The van der Waals surface area contributed by atoms with E-state index in [-0.39, 0.29) is 0 Å². The minimum atomic E-state index is 0.695. The second kappa shape index (κ2) is 13.1. The van der Waals surface area contributed by atoms with Crippen LogP contribution in [-0.2, 0) is 0 Å². The summed E-state index contributed by atoms with van der Waals surface area (Å²) in [6, 6.07) is 46.0. The van der Waals surface area contributed by atoms with E-state index in [2.05, 4.69) is 133 Å². The molecule has 6 aromatic rings. The maximum Gasteiger partial charge on any atom is 0.150 e. The minimum Gasteiger partial charge on any atom is -0.310 e. The number of hydrogen-bond acceptors (Lipinski definition) is 4. The summed E-state index contributed by atoms with van der Waals surface area (Å²) in [5.74, 6) is 0. The lowest BCUT2D eigenvalue weighted by Gasteiger charge is -2.27. The topological polar surface area (TPSA) is 40.6 Å². The Labute approximate surface area is 271 Å². The molecule has 0 fully saturated rings. The van der Waals surface area contributed by atoms with Gasteiger partial charge >= 0.3 is 0 Å². The number of carbonyl (C=O) groups is 2. The van der Waals surface area contributed by atoms with Gasteiger partial charge in [-0.1, -0.05) is 59.7 Å². The first-order valence-corrected chi connectivity index (χ1v) is 15.4. The zero-order valence-corrected chi connectivity index (χ0v) is 26.6. The Morgan fingerprint density at radius 1 is 0.370 bits per heavy atom. The summed E-state index contributed by atoms with van der Waals surface area (Å²) in [5, 5.41) is 0. The number of hydrogen-bond donors (Lipinski definition) is 0. The van der Waals surface area contributed by atoms with Gasteiger partial charge in [0.15, 0.2) is 0 Å². The van der Waals surface area contributed by atoms with Crippen LogP contribution in [-0.4, -0.2) is 12.6 Å². The summed E-state index contributed by atoms with van der Waals surface area (Å²) in [4.78, 5) is 27.4. The van der Waals surface area contributed by atoms with E-state index in [0.29, 0.717) is 11.1 Å². The van der Waals surface area contributed by atoms with Crippen molar-refractivity contribution in [3.05, 3.63) is 167 Å². The lowest BCUT2D eigenvalue weighted by Crippen LogP contribution is -2.10. The molecule has 0 atom stereocenters. The molecule has 4 nitrogen and oxygen atoms in total. The van der Waals surface area contributed by atoms with Crippen molar-refractivity contribution in [3.8, 4) is 11.1 Å². The molecular weight excluding hydrogens is 564 g/mol. The van der Waals surface area contributed by atoms with Crippen molar-refractivity contribution in [2.75, 3.05) is 9.80 Å². The SMILES string of the molecule is Cc1ccc(N(c2ccc(-c3ccc(N(c4ccc(C)cc4)c4ccc(C=O)c(C)c4)cc3)cc2)c2ccc(C=O)c(C)c2)cc1. The lowest BCUT2D eigenvalue weighted by molar-refractivity contribution is 0.111. The second-order valence-corrected chi connectivity index (χ2v) is 11.8. The van der Waals surface area contributed by atoms with Gasteiger partial charge in [0, 0.05) is 45.3 Å². The van der Waals surface area contributed by atoms with Crippen LogP contribution < -0.4 is 9.80 Å². The predicted molar refractivity (Wildman–Crippen MR) is 191 cm³/mol. The van der Waals surface area contributed by atoms with Gasteiger partial charge in [-0.15, -0.1) is 0 Å². The first kappa shape index (κ1) is 30.3. The van der Waals surface area contributed by atoms with Crippen LogP contribution in [0.1, 0.15) is 43.0 Å². The average molecular weight is 601 g/mol. The fraction of sp³-hybridized carbons (Fsp3) is 0.0952. The highest BCUT2D eigenvalue weighted by molar-refractivity contribution is 5.84. The highest BCUT2D eigenvalue weighted by Crippen LogP contribution is 2.39. The molecular formula is C42H36N2O2. The van der Waals surface area contributed by atoms with Crippen LogP contribution in [0.15, 0.2) is 133 Å². The Kier molecular flexibility index (Phi) is 8.62. The van der Waals surface area contributed by atoms with Crippen LogP contribution in [0.4, 0.5) is 34.1 Å². The smallest absolute Gasteiger partial charge is 0.150 e. The maximum absolute atomic E-state index is 11.5. The van der Waals surface area contributed by atoms with Crippen molar-refractivity contribution in [2.45, 2.75) is 27.7 Å². The second-order valence-electron chi connectivity index (χ2n) is 11.8. The van der Waals surface area contributed by atoms with Crippen LogP contribution in [0.5, 0.6) is 0 Å². The molecule has 0 amide bonds. The van der Waals surface area contributed by atoms with E-state index >= 15 is 0 Å². The molecule has 0 heterocycles. The van der Waals surface area contributed by atoms with Crippen LogP contribution in [0, 0.1) is 27.7 Å². The third-order valence-corrected chi connectivity index (χ3v) is 8.45. The molecule has 0 aliphatic heterocycles. The van der Waals surface area contributed by atoms with Crippen molar-refractivity contribution in [2.24, 2.45) is 0 Å². The third-order valence-electron chi connectivity index (χ3n) is 8.45. The number of aryl methyl sites for hydroxylation is 4. The van der Waals surface area contributed by atoms with Crippen LogP contribution in [0.3, 0.4) is 0 Å². The van der Waals surface area contributed by atoms with Crippen LogP contribution in [0.2, 0.25) is 0 Å². The first-order valence-electron chi connectivity index (χ1n) is 15.4. The van der Waals surface area contributed by atoms with E-state index in [1.165, 1.54) is 11.1 Å². The molecule has 0 unspecified atom stereocenters. The van der Waals surface area contributed by atoms with Crippen molar-refractivity contribution < 1.29 is 9.59 Å². The Hall–Kier alpha value is -5.74. The molecule has 0 saturated heterocycles. The van der Waals surface area contributed by atoms with Gasteiger partial charge in [-0.05, 0) is 135 Å². The molecule has 0 aliphatic rings. The van der Waals surface area contributed by atoms with Gasteiger partial charge in [0.2, 0.25) is 0 Å². The number of aldehydes is 2. The fourth-order valence-corrected chi connectivity index (χ4v) is 5.75. The van der Waals surface area contributed by atoms with Gasteiger partial charge in [-0.2, -0.15) is 0 Å². The van der Waals surface area contributed by atoms with E-state index in [0.717, 1.165) is 69.0 Å². The van der Waals surface area contributed by atoms with Gasteiger partial charge in [0.05, 0.1) is 0 Å². The van der Waals surface area contributed by atoms with Crippen molar-refractivity contribution in [3.63, 3.8) is 0 Å². The maximum atomic E-state index is 11.5. The molecule has 0 spiro atoms. The summed E-state index contributed by atoms with van der Waals surface area (Å²) in [5.41, 5.74) is 14.0. The van der Waals surface area contributed by atoms with E-state index in [4.69, 9.17) is 0 Å². The highest BCUT2D eigenvalue weighted by atomic mass is 16.1. The first-order chi connectivity index (χ1) is 22.3. The molecule has 0 saturated carbocycles. The monoisotopic (exact) mass is 600 g/mol. The summed E-state index contributed by atoms with van der Waals surface area (Å²) < 4.78 is 0. The zero-order valence-electron chi connectivity index (χ0n) is 26.6. The van der Waals surface area contributed by atoms with E-state index in [1.807, 2.05) is 38.1 Å². The standard InChI is InChI=1S/C42H36N2O2/c1-29-5-15-37(16-6-29)43(41-23-13-35(27-45)31(3)25-41)39-19-9-33(10-20-39)34-11-21-40(22-12-34)44(38-17-7-30(2)8-18-38)42-24-14-36(28-46)32(4)26-42/h5-28H,1-4H3. The summed E-state index contributed by atoms with van der Waals surface area (Å²) in [6.45, 7) is 8.10. The van der Waals surface area contributed by atoms with Gasteiger partial charge in [-0.3, -0.25) is 9.59 Å². The molecule has 6 rings (SSSR count). The summed E-state index contributed by atoms with van der Waals surface area (Å²) in [6.07, 6.45) is 1.81. The zero-order chi connectivity index (χ0) is 32.2. The van der Waals surface area contributed by atoms with Gasteiger partial charge in [-0.25, -0.2) is 0 Å². The Bertz CT molecular complexity index is 1840. The average Bonchev–Trinajstić information content (AvgIpc) is 3.08. The molecule has 0 aromatic heterocycles. The largest absolute Gasteiger partial charge is 0.310 e. The fourth-order valence-electron chi connectivity index (χ4n) is 5.75. The minimum absolute atomic E-state index is 0.695. The number of nitrogens with zero attached hydrogens (tertiary/aromatic N) is 2. The van der Waals surface area contributed by atoms with Crippen molar-refractivity contribution in [1.29, 1.82) is 0 Å². The van der Waals surface area contributed by atoms with Gasteiger partial charge in [0.1, 0.15) is 12.6 Å². The Balaban J connectivity index is 1.34. The number of carbonyl (C=O) groups excluding carboxylic acids is 2. The lowest BCUT2D eigenvalue weighted by atomic mass is 10.0.